The summed E-state index contributed by atoms with van der Waals surface area (Å²) in [6.07, 6.45) is 0. The number of para-hydroxylation sites is 1. The van der Waals surface area contributed by atoms with Crippen molar-refractivity contribution < 1.29 is 4.74 Å². The van der Waals surface area contributed by atoms with E-state index < -0.39 is 0 Å². The van der Waals surface area contributed by atoms with Crippen LogP contribution >= 0.6 is 0 Å². The maximum absolute atomic E-state index is 12.4. The van der Waals surface area contributed by atoms with Crippen molar-refractivity contribution in [3.8, 4) is 0 Å². The molecule has 1 heterocycles. The van der Waals surface area contributed by atoms with E-state index >= 15 is 0 Å². The van der Waals surface area contributed by atoms with Crippen LogP contribution in [0.25, 0.3) is 0 Å². The average Bonchev–Trinajstić information content (AvgIpc) is 2.19. The van der Waals surface area contributed by atoms with Crippen LogP contribution in [0.1, 0.15) is 5.56 Å². The molecule has 0 radical (unpaired) electrons. The number of hydrogen-bond donors (Lipinski definition) is 0. The number of hydroxylamine groups is 2. The normalized spacial score (nSPS) is 20.7. The molecule has 0 spiro atoms. The van der Waals surface area contributed by atoms with E-state index in [1.54, 1.807) is 0 Å². The third-order valence-corrected chi connectivity index (χ3v) is 2.75. The summed E-state index contributed by atoms with van der Waals surface area (Å²) in [4.78, 5) is 0. The zero-order valence-electron chi connectivity index (χ0n) is 8.40. The Morgan fingerprint density at radius 1 is 1.21 bits per heavy atom. The molecule has 3 heteroatoms. The van der Waals surface area contributed by atoms with Crippen LogP contribution in [-0.2, 0) is 4.74 Å². The minimum Gasteiger partial charge on any atom is -0.627 e. The van der Waals surface area contributed by atoms with Crippen LogP contribution in [0.4, 0.5) is 5.69 Å². The highest BCUT2D eigenvalue weighted by Crippen LogP contribution is 2.26. The Morgan fingerprint density at radius 3 is 2.50 bits per heavy atom. The second-order valence-corrected chi connectivity index (χ2v) is 3.74. The van der Waals surface area contributed by atoms with Crippen molar-refractivity contribution in [1.82, 2.24) is 4.65 Å². The molecular weight excluding hydrogens is 178 g/mol. The summed E-state index contributed by atoms with van der Waals surface area (Å²) in [5, 5.41) is 12.4. The van der Waals surface area contributed by atoms with Crippen molar-refractivity contribution in [2.45, 2.75) is 6.92 Å². The van der Waals surface area contributed by atoms with Gasteiger partial charge in [-0.2, -0.15) is 0 Å². The minimum absolute atomic E-state index is 0.229. The topological polar surface area (TPSA) is 32.3 Å². The van der Waals surface area contributed by atoms with E-state index in [2.05, 4.69) is 0 Å². The summed E-state index contributed by atoms with van der Waals surface area (Å²) in [6.45, 7) is 4.19. The standard InChI is InChI=1S/C11H15NO2/c1-10-4-2-3-5-11(10)12(13)6-8-14-9-7-12/h2-5H,6-9H2,1H3. The van der Waals surface area contributed by atoms with Gasteiger partial charge in [0.2, 0.25) is 0 Å². The van der Waals surface area contributed by atoms with Gasteiger partial charge < -0.3 is 14.6 Å². The fraction of sp³-hybridized carbons (Fsp3) is 0.455. The van der Waals surface area contributed by atoms with E-state index in [9.17, 15) is 5.21 Å². The first kappa shape index (κ1) is 9.65. The number of ether oxygens (including phenoxy) is 1. The zero-order valence-corrected chi connectivity index (χ0v) is 8.40. The summed E-state index contributed by atoms with van der Waals surface area (Å²) in [7, 11) is 0. The van der Waals surface area contributed by atoms with E-state index in [0.29, 0.717) is 26.3 Å². The molecular formula is C11H15NO2. The molecule has 0 atom stereocenters. The number of quaternary nitrogens is 1. The van der Waals surface area contributed by atoms with Crippen molar-refractivity contribution in [3.63, 3.8) is 0 Å². The van der Waals surface area contributed by atoms with Crippen LogP contribution in [0.5, 0.6) is 0 Å². The molecule has 1 fully saturated rings. The lowest BCUT2D eigenvalue weighted by Gasteiger charge is -2.45. The van der Waals surface area contributed by atoms with Crippen LogP contribution in [-0.4, -0.2) is 26.3 Å². The quantitative estimate of drug-likeness (QED) is 0.503. The second-order valence-electron chi connectivity index (χ2n) is 3.74. The highest BCUT2D eigenvalue weighted by atomic mass is 16.6. The van der Waals surface area contributed by atoms with Gasteiger partial charge in [0.1, 0.15) is 18.8 Å². The molecule has 0 aromatic heterocycles. The van der Waals surface area contributed by atoms with Crippen molar-refractivity contribution in [1.29, 1.82) is 0 Å². The first-order valence-electron chi connectivity index (χ1n) is 4.94. The number of aryl methyl sites for hydroxylation is 1. The maximum atomic E-state index is 12.4. The largest absolute Gasteiger partial charge is 0.627 e. The van der Waals surface area contributed by atoms with Gasteiger partial charge in [0, 0.05) is 5.56 Å². The van der Waals surface area contributed by atoms with Crippen LogP contribution in [0.2, 0.25) is 0 Å². The fourth-order valence-electron chi connectivity index (χ4n) is 1.90. The predicted molar refractivity (Wildman–Crippen MR) is 56.9 cm³/mol. The summed E-state index contributed by atoms with van der Waals surface area (Å²) in [6, 6.07) is 7.80. The van der Waals surface area contributed by atoms with E-state index in [1.165, 1.54) is 0 Å². The molecule has 1 aromatic rings. The van der Waals surface area contributed by atoms with Crippen LogP contribution < -0.4 is 4.65 Å². The first-order chi connectivity index (χ1) is 6.72. The number of nitrogens with zero attached hydrogens (tertiary/aromatic N) is 1. The lowest BCUT2D eigenvalue weighted by molar-refractivity contribution is 0.0613. The average molecular weight is 193 g/mol. The predicted octanol–water partition coefficient (Wildman–Crippen LogP) is 1.83. The Balaban J connectivity index is 2.32. The molecule has 1 aliphatic rings. The first-order valence-corrected chi connectivity index (χ1v) is 4.94. The van der Waals surface area contributed by atoms with Crippen molar-refractivity contribution >= 4 is 5.69 Å². The number of hydrogen-bond acceptors (Lipinski definition) is 2. The van der Waals surface area contributed by atoms with Gasteiger partial charge in [0.15, 0.2) is 0 Å². The molecule has 0 bridgehead atoms. The number of rotatable bonds is 1. The summed E-state index contributed by atoms with van der Waals surface area (Å²) in [5.74, 6) is 0. The van der Waals surface area contributed by atoms with Crippen molar-refractivity contribution in [2.24, 2.45) is 0 Å². The molecule has 14 heavy (non-hydrogen) atoms. The van der Waals surface area contributed by atoms with Gasteiger partial charge in [-0.3, -0.25) is 0 Å². The van der Waals surface area contributed by atoms with Crippen LogP contribution in [0.3, 0.4) is 0 Å². The van der Waals surface area contributed by atoms with E-state index in [1.807, 2.05) is 31.2 Å². The molecule has 1 saturated heterocycles. The molecule has 0 unspecified atom stereocenters. The molecule has 2 rings (SSSR count). The molecule has 0 amide bonds. The van der Waals surface area contributed by atoms with E-state index in [0.717, 1.165) is 11.3 Å². The van der Waals surface area contributed by atoms with Gasteiger partial charge in [-0.25, -0.2) is 0 Å². The van der Waals surface area contributed by atoms with Gasteiger partial charge in [-0.05, 0) is 13.0 Å². The summed E-state index contributed by atoms with van der Waals surface area (Å²) in [5.41, 5.74) is 1.96. The molecule has 0 N–H and O–H groups in total. The van der Waals surface area contributed by atoms with E-state index in [4.69, 9.17) is 4.74 Å². The Kier molecular flexibility index (Phi) is 2.54. The Bertz CT molecular complexity index is 319. The molecule has 76 valence electrons. The SMILES string of the molecule is Cc1ccccc1[N+]1([O-])CCOCC1. The molecule has 3 nitrogen and oxygen atoms in total. The highest BCUT2D eigenvalue weighted by molar-refractivity contribution is 5.50. The lowest BCUT2D eigenvalue weighted by Crippen LogP contribution is -2.51. The fourth-order valence-corrected chi connectivity index (χ4v) is 1.90. The second kappa shape index (κ2) is 3.69. The zero-order chi connectivity index (χ0) is 10.0. The molecule has 1 aromatic carbocycles. The van der Waals surface area contributed by atoms with Gasteiger partial charge in [-0.1, -0.05) is 18.2 Å². The third-order valence-electron chi connectivity index (χ3n) is 2.75. The Hall–Kier alpha value is -0.900. The smallest absolute Gasteiger partial charge is 0.135 e. The van der Waals surface area contributed by atoms with Crippen LogP contribution in [0.15, 0.2) is 24.3 Å². The summed E-state index contributed by atoms with van der Waals surface area (Å²) < 4.78 is 4.98. The van der Waals surface area contributed by atoms with E-state index in [-0.39, 0.29) is 4.65 Å². The van der Waals surface area contributed by atoms with Crippen molar-refractivity contribution in [3.05, 3.63) is 35.0 Å². The number of benzene rings is 1. The molecule has 0 aliphatic carbocycles. The maximum Gasteiger partial charge on any atom is 0.135 e. The van der Waals surface area contributed by atoms with Crippen LogP contribution in [0, 0.1) is 12.1 Å². The summed E-state index contributed by atoms with van der Waals surface area (Å²) >= 11 is 0. The molecule has 1 aliphatic heterocycles. The van der Waals surface area contributed by atoms with Gasteiger partial charge in [-0.15, -0.1) is 0 Å². The van der Waals surface area contributed by atoms with Gasteiger partial charge >= 0.3 is 0 Å². The lowest BCUT2D eigenvalue weighted by atomic mass is 10.1. The Labute approximate surface area is 84.1 Å². The number of morpholine rings is 1. The Morgan fingerprint density at radius 2 is 1.86 bits per heavy atom. The monoisotopic (exact) mass is 193 g/mol. The van der Waals surface area contributed by atoms with Gasteiger partial charge in [0.05, 0.1) is 13.2 Å². The third kappa shape index (κ3) is 1.66. The van der Waals surface area contributed by atoms with Crippen molar-refractivity contribution in [2.75, 3.05) is 26.3 Å². The highest BCUT2D eigenvalue weighted by Gasteiger charge is 2.25. The van der Waals surface area contributed by atoms with Gasteiger partial charge in [0.25, 0.3) is 0 Å². The minimum atomic E-state index is -0.229. The molecule has 0 saturated carbocycles.